The van der Waals surface area contributed by atoms with Gasteiger partial charge in [0.25, 0.3) is 0 Å². The number of aromatic nitrogens is 3. The molecule has 0 saturated heterocycles. The summed E-state index contributed by atoms with van der Waals surface area (Å²) in [5.41, 5.74) is 1.26. The number of halogens is 2. The lowest BCUT2D eigenvalue weighted by molar-refractivity contribution is 0.00756. The number of aromatic amines is 1. The van der Waals surface area contributed by atoms with E-state index in [0.717, 1.165) is 5.52 Å². The van der Waals surface area contributed by atoms with Crippen molar-refractivity contribution in [3.8, 4) is 5.88 Å². The highest BCUT2D eigenvalue weighted by Crippen LogP contribution is 2.43. The second-order valence-corrected chi connectivity index (χ2v) is 4.64. The molecule has 1 N–H and O–H groups in total. The Morgan fingerprint density at radius 2 is 2.22 bits per heavy atom. The molecule has 0 aromatic carbocycles. The molecule has 1 atom stereocenters. The molecule has 6 heteroatoms. The van der Waals surface area contributed by atoms with Crippen LogP contribution in [0.1, 0.15) is 31.0 Å². The van der Waals surface area contributed by atoms with Crippen molar-refractivity contribution in [3.05, 3.63) is 18.0 Å². The normalized spacial score (nSPS) is 22.5. The van der Waals surface area contributed by atoms with Gasteiger partial charge in [0.2, 0.25) is 11.8 Å². The predicted octanol–water partition coefficient (Wildman–Crippen LogP) is 2.87. The van der Waals surface area contributed by atoms with Gasteiger partial charge in [0.15, 0.2) is 5.65 Å². The number of pyridine rings is 1. The van der Waals surface area contributed by atoms with Gasteiger partial charge in [-0.3, -0.25) is 0 Å². The number of fused-ring (bicyclic) bond motifs is 1. The highest BCUT2D eigenvalue weighted by Gasteiger charge is 2.41. The third-order valence-corrected chi connectivity index (χ3v) is 3.34. The van der Waals surface area contributed by atoms with Crippen LogP contribution in [-0.2, 0) is 0 Å². The van der Waals surface area contributed by atoms with Crippen LogP contribution >= 0.6 is 0 Å². The lowest BCUT2D eigenvalue weighted by Crippen LogP contribution is -2.09. The van der Waals surface area contributed by atoms with Gasteiger partial charge in [0.05, 0.1) is 12.6 Å². The SMILES string of the molecule is COc1ccc2[nH]c(C3CCC(F)(F)C3)nc2n1. The summed E-state index contributed by atoms with van der Waals surface area (Å²) in [6.07, 6.45) is 0.263. The van der Waals surface area contributed by atoms with Crippen molar-refractivity contribution in [3.63, 3.8) is 0 Å². The summed E-state index contributed by atoms with van der Waals surface area (Å²) in [4.78, 5) is 11.5. The zero-order chi connectivity index (χ0) is 12.8. The number of imidazole rings is 1. The molecule has 1 unspecified atom stereocenters. The van der Waals surface area contributed by atoms with Crippen LogP contribution in [0.2, 0.25) is 0 Å². The summed E-state index contributed by atoms with van der Waals surface area (Å²) in [5.74, 6) is -1.70. The average molecular weight is 253 g/mol. The summed E-state index contributed by atoms with van der Waals surface area (Å²) in [5, 5.41) is 0. The minimum Gasteiger partial charge on any atom is -0.481 e. The fourth-order valence-corrected chi connectivity index (χ4v) is 2.38. The Hall–Kier alpha value is -1.72. The highest BCUT2D eigenvalue weighted by atomic mass is 19.3. The molecule has 3 rings (SSSR count). The standard InChI is InChI=1S/C12H13F2N3O/c1-18-9-3-2-8-11(16-9)17-10(15-8)7-4-5-12(13,14)6-7/h2-3,7H,4-6H2,1H3,(H,15,16,17). The Balaban J connectivity index is 1.94. The zero-order valence-electron chi connectivity index (χ0n) is 9.91. The number of hydrogen-bond donors (Lipinski definition) is 1. The second kappa shape index (κ2) is 3.90. The molecule has 1 fully saturated rings. The Bertz CT molecular complexity index is 582. The number of nitrogens with zero attached hydrogens (tertiary/aromatic N) is 2. The molecule has 2 aromatic rings. The van der Waals surface area contributed by atoms with Crippen LogP contribution in [0.25, 0.3) is 11.2 Å². The van der Waals surface area contributed by atoms with Crippen LogP contribution in [0.3, 0.4) is 0 Å². The summed E-state index contributed by atoms with van der Waals surface area (Å²) in [7, 11) is 1.53. The molecule has 2 heterocycles. The van der Waals surface area contributed by atoms with Gasteiger partial charge in [0.1, 0.15) is 5.82 Å². The van der Waals surface area contributed by atoms with Crippen LogP contribution in [0.15, 0.2) is 12.1 Å². The number of rotatable bonds is 2. The van der Waals surface area contributed by atoms with Crippen molar-refractivity contribution >= 4 is 11.2 Å². The van der Waals surface area contributed by atoms with Gasteiger partial charge in [0, 0.05) is 24.8 Å². The van der Waals surface area contributed by atoms with E-state index in [1.165, 1.54) is 7.11 Å². The molecule has 0 spiro atoms. The van der Waals surface area contributed by atoms with E-state index in [2.05, 4.69) is 15.0 Å². The first-order valence-corrected chi connectivity index (χ1v) is 5.86. The molecule has 0 bridgehead atoms. The maximum absolute atomic E-state index is 13.2. The maximum atomic E-state index is 13.2. The highest BCUT2D eigenvalue weighted by molar-refractivity contribution is 5.71. The molecule has 18 heavy (non-hydrogen) atoms. The lowest BCUT2D eigenvalue weighted by Gasteiger charge is -2.07. The minimum atomic E-state index is -2.56. The Morgan fingerprint density at radius 1 is 1.39 bits per heavy atom. The fraction of sp³-hybridized carbons (Fsp3) is 0.500. The Labute approximate surface area is 102 Å². The van der Waals surface area contributed by atoms with Gasteiger partial charge in [-0.05, 0) is 12.5 Å². The fourth-order valence-electron chi connectivity index (χ4n) is 2.38. The molecule has 4 nitrogen and oxygen atoms in total. The number of nitrogens with one attached hydrogen (secondary N) is 1. The molecule has 1 aliphatic rings. The first-order valence-electron chi connectivity index (χ1n) is 5.86. The smallest absolute Gasteiger partial charge is 0.248 e. The quantitative estimate of drug-likeness (QED) is 0.895. The van der Waals surface area contributed by atoms with Gasteiger partial charge >= 0.3 is 0 Å². The number of methoxy groups -OCH3 is 1. The van der Waals surface area contributed by atoms with Crippen LogP contribution < -0.4 is 4.74 Å². The molecule has 2 aromatic heterocycles. The van der Waals surface area contributed by atoms with Crippen LogP contribution in [0, 0.1) is 0 Å². The predicted molar refractivity (Wildman–Crippen MR) is 62.0 cm³/mol. The first-order chi connectivity index (χ1) is 8.57. The molecular formula is C12H13F2N3O. The summed E-state index contributed by atoms with van der Waals surface area (Å²) < 4.78 is 31.4. The Morgan fingerprint density at radius 3 is 2.89 bits per heavy atom. The summed E-state index contributed by atoms with van der Waals surface area (Å²) >= 11 is 0. The van der Waals surface area contributed by atoms with Crippen LogP contribution in [-0.4, -0.2) is 28.0 Å². The molecule has 0 radical (unpaired) electrons. The first kappa shape index (κ1) is 11.4. The van der Waals surface area contributed by atoms with E-state index < -0.39 is 5.92 Å². The number of ether oxygens (including phenoxy) is 1. The van der Waals surface area contributed by atoms with Crippen LogP contribution in [0.4, 0.5) is 8.78 Å². The van der Waals surface area contributed by atoms with Crippen molar-refractivity contribution in [2.24, 2.45) is 0 Å². The van der Waals surface area contributed by atoms with Crippen molar-refractivity contribution < 1.29 is 13.5 Å². The topological polar surface area (TPSA) is 50.8 Å². The van der Waals surface area contributed by atoms with Crippen molar-refractivity contribution in [1.29, 1.82) is 0 Å². The molecule has 0 aliphatic heterocycles. The van der Waals surface area contributed by atoms with Crippen molar-refractivity contribution in [1.82, 2.24) is 15.0 Å². The molecule has 1 aliphatic carbocycles. The van der Waals surface area contributed by atoms with E-state index in [4.69, 9.17) is 4.74 Å². The van der Waals surface area contributed by atoms with Gasteiger partial charge in [-0.1, -0.05) is 0 Å². The van der Waals surface area contributed by atoms with Gasteiger partial charge in [-0.2, -0.15) is 4.98 Å². The third-order valence-electron chi connectivity index (χ3n) is 3.34. The number of hydrogen-bond acceptors (Lipinski definition) is 3. The lowest BCUT2D eigenvalue weighted by atomic mass is 10.1. The number of alkyl halides is 2. The van der Waals surface area contributed by atoms with Crippen LogP contribution in [0.5, 0.6) is 5.88 Å². The van der Waals surface area contributed by atoms with Crippen molar-refractivity contribution in [2.75, 3.05) is 7.11 Å². The largest absolute Gasteiger partial charge is 0.481 e. The summed E-state index contributed by atoms with van der Waals surface area (Å²) in [6, 6.07) is 3.51. The monoisotopic (exact) mass is 253 g/mol. The molecule has 1 saturated carbocycles. The Kier molecular flexibility index (Phi) is 2.46. The van der Waals surface area contributed by atoms with Crippen molar-refractivity contribution in [2.45, 2.75) is 31.1 Å². The van der Waals surface area contributed by atoms with E-state index in [9.17, 15) is 8.78 Å². The molecule has 0 amide bonds. The number of H-pyrrole nitrogens is 1. The zero-order valence-corrected chi connectivity index (χ0v) is 9.91. The van der Waals surface area contributed by atoms with Gasteiger partial charge in [-0.15, -0.1) is 0 Å². The average Bonchev–Trinajstić information content (AvgIpc) is 2.90. The van der Waals surface area contributed by atoms with E-state index in [-0.39, 0.29) is 18.8 Å². The molecular weight excluding hydrogens is 240 g/mol. The second-order valence-electron chi connectivity index (χ2n) is 4.64. The van der Waals surface area contributed by atoms with E-state index in [0.29, 0.717) is 23.8 Å². The summed E-state index contributed by atoms with van der Waals surface area (Å²) in [6.45, 7) is 0. The van der Waals surface area contributed by atoms with E-state index >= 15 is 0 Å². The van der Waals surface area contributed by atoms with E-state index in [1.54, 1.807) is 12.1 Å². The third kappa shape index (κ3) is 1.91. The minimum absolute atomic E-state index is 0.0640. The molecule has 96 valence electrons. The van der Waals surface area contributed by atoms with Gasteiger partial charge < -0.3 is 9.72 Å². The maximum Gasteiger partial charge on any atom is 0.248 e. The van der Waals surface area contributed by atoms with E-state index in [1.807, 2.05) is 0 Å². The van der Waals surface area contributed by atoms with Gasteiger partial charge in [-0.25, -0.2) is 13.8 Å².